The van der Waals surface area contributed by atoms with Crippen molar-refractivity contribution in [2.24, 2.45) is 0 Å². The van der Waals surface area contributed by atoms with Crippen molar-refractivity contribution in [3.8, 4) is 11.8 Å². The summed E-state index contributed by atoms with van der Waals surface area (Å²) in [5.74, 6) is 5.71. The monoisotopic (exact) mass is 362 g/mol. The zero-order valence-corrected chi connectivity index (χ0v) is 15.3. The minimum Gasteiger partial charge on any atom is -0.305 e. The van der Waals surface area contributed by atoms with Crippen LogP contribution in [0.25, 0.3) is 0 Å². The summed E-state index contributed by atoms with van der Waals surface area (Å²) in [5, 5.41) is -0.976. The quantitative estimate of drug-likeness (QED) is 0.425. The molecule has 0 radical (unpaired) electrons. The van der Waals surface area contributed by atoms with E-state index in [2.05, 4.69) is 16.7 Å². The van der Waals surface area contributed by atoms with Crippen LogP contribution in [0.2, 0.25) is 0 Å². The number of rotatable bonds is 3. The van der Waals surface area contributed by atoms with Gasteiger partial charge < -0.3 is 4.90 Å². The largest absolute Gasteiger partial charge is 0.305 e. The van der Waals surface area contributed by atoms with Gasteiger partial charge in [0.15, 0.2) is 7.05 Å². The Labute approximate surface area is 143 Å². The first-order chi connectivity index (χ1) is 10.8. The van der Waals surface area contributed by atoms with Gasteiger partial charge in [0.1, 0.15) is 5.38 Å². The Hall–Kier alpha value is -0.680. The van der Waals surface area contributed by atoms with Crippen molar-refractivity contribution in [3.05, 3.63) is 4.91 Å². The Bertz CT molecular complexity index is 599. The van der Waals surface area contributed by atoms with Gasteiger partial charge in [0.2, 0.25) is 10.0 Å². The van der Waals surface area contributed by atoms with Crippen LogP contribution >= 0.6 is 11.6 Å². The molecule has 0 saturated carbocycles. The summed E-state index contributed by atoms with van der Waals surface area (Å²) in [7, 11) is 0.0313. The SMILES string of the molecule is CN1CCCN(S(=O)(=O)C2CC#CC([N+](C)=O)C(Cl)CC2)CC1. The van der Waals surface area contributed by atoms with Gasteiger partial charge in [-0.25, -0.2) is 12.7 Å². The van der Waals surface area contributed by atoms with Gasteiger partial charge in [-0.05, 0) is 38.8 Å². The molecule has 2 rings (SSSR count). The molecular formula is C15H25ClN3O3S+. The van der Waals surface area contributed by atoms with Gasteiger partial charge >= 0.3 is 0 Å². The van der Waals surface area contributed by atoms with Crippen molar-refractivity contribution in [2.45, 2.75) is 42.4 Å². The van der Waals surface area contributed by atoms with E-state index in [1.54, 1.807) is 4.31 Å². The third kappa shape index (κ3) is 4.66. The Balaban J connectivity index is 2.13. The maximum atomic E-state index is 12.9. The summed E-state index contributed by atoms with van der Waals surface area (Å²) >= 11 is 6.24. The van der Waals surface area contributed by atoms with Crippen LogP contribution < -0.4 is 0 Å². The summed E-state index contributed by atoms with van der Waals surface area (Å²) in [5.41, 5.74) is 0. The van der Waals surface area contributed by atoms with Crippen LogP contribution in [-0.4, -0.2) is 79.3 Å². The first-order valence-corrected chi connectivity index (χ1v) is 9.96. The van der Waals surface area contributed by atoms with Crippen LogP contribution in [0.5, 0.6) is 0 Å². The highest BCUT2D eigenvalue weighted by Gasteiger charge is 2.36. The van der Waals surface area contributed by atoms with E-state index in [9.17, 15) is 13.3 Å². The minimum absolute atomic E-state index is 0.266. The predicted molar refractivity (Wildman–Crippen MR) is 91.0 cm³/mol. The third-order valence-electron chi connectivity index (χ3n) is 4.54. The molecule has 1 fully saturated rings. The Morgan fingerprint density at radius 2 is 1.91 bits per heavy atom. The van der Waals surface area contributed by atoms with E-state index in [1.165, 1.54) is 7.05 Å². The molecule has 130 valence electrons. The zero-order chi connectivity index (χ0) is 17.0. The predicted octanol–water partition coefficient (Wildman–Crippen LogP) is 0.894. The Morgan fingerprint density at radius 3 is 2.61 bits per heavy atom. The first-order valence-electron chi connectivity index (χ1n) is 8.02. The van der Waals surface area contributed by atoms with E-state index >= 15 is 0 Å². The lowest BCUT2D eigenvalue weighted by atomic mass is 10.0. The van der Waals surface area contributed by atoms with Crippen molar-refractivity contribution in [1.82, 2.24) is 9.21 Å². The lowest BCUT2D eigenvalue weighted by molar-refractivity contribution is -0.543. The van der Waals surface area contributed by atoms with E-state index in [0.29, 0.717) is 25.9 Å². The summed E-state index contributed by atoms with van der Waals surface area (Å²) in [4.78, 5) is 13.6. The zero-order valence-electron chi connectivity index (χ0n) is 13.7. The summed E-state index contributed by atoms with van der Waals surface area (Å²) in [6, 6.07) is -0.563. The fourth-order valence-electron chi connectivity index (χ4n) is 3.03. The molecule has 3 atom stereocenters. The molecule has 8 heteroatoms. The molecule has 0 spiro atoms. The number of hydrogen-bond donors (Lipinski definition) is 0. The van der Waals surface area contributed by atoms with Gasteiger partial charge in [0.25, 0.3) is 6.04 Å². The standard InChI is InChI=1S/C15H25ClN3O3S/c1-17-9-4-10-19(12-11-17)23(21,22)13-5-3-6-15(18(2)20)14(16)8-7-13/h13-15H,4-5,7-12H2,1-2H3/q+1. The molecule has 1 heterocycles. The third-order valence-corrected chi connectivity index (χ3v) is 7.32. The van der Waals surface area contributed by atoms with E-state index in [1.807, 2.05) is 7.05 Å². The van der Waals surface area contributed by atoms with Crippen molar-refractivity contribution in [1.29, 1.82) is 0 Å². The number of likely N-dealkylation sites (N-methyl/N-ethyl adjacent to an activating group) is 1. The number of alkyl halides is 1. The van der Waals surface area contributed by atoms with Gasteiger partial charge in [-0.2, -0.15) is 0 Å². The summed E-state index contributed by atoms with van der Waals surface area (Å²) in [6.07, 6.45) is 2.03. The van der Waals surface area contributed by atoms with Crippen LogP contribution in [0, 0.1) is 16.7 Å². The summed E-state index contributed by atoms with van der Waals surface area (Å²) in [6.45, 7) is 2.75. The molecule has 1 aliphatic heterocycles. The Morgan fingerprint density at radius 1 is 1.17 bits per heavy atom. The first kappa shape index (κ1) is 18.7. The van der Waals surface area contributed by atoms with E-state index in [0.717, 1.165) is 24.3 Å². The number of nitroso groups, excluding NO2 is 1. The van der Waals surface area contributed by atoms with Gasteiger partial charge in [-0.3, -0.25) is 0 Å². The van der Waals surface area contributed by atoms with Crippen molar-refractivity contribution in [3.63, 3.8) is 0 Å². The number of nitrogens with zero attached hydrogens (tertiary/aromatic N) is 3. The van der Waals surface area contributed by atoms with Crippen LogP contribution in [-0.2, 0) is 10.0 Å². The Kier molecular flexibility index (Phi) is 6.43. The highest BCUT2D eigenvalue weighted by atomic mass is 35.5. The minimum atomic E-state index is -3.38. The van der Waals surface area contributed by atoms with Crippen LogP contribution in [0.3, 0.4) is 0 Å². The average molecular weight is 363 g/mol. The van der Waals surface area contributed by atoms with E-state index < -0.39 is 26.7 Å². The molecule has 0 N–H and O–H groups in total. The molecule has 23 heavy (non-hydrogen) atoms. The van der Waals surface area contributed by atoms with E-state index in [4.69, 9.17) is 11.6 Å². The van der Waals surface area contributed by atoms with Crippen molar-refractivity contribution in [2.75, 3.05) is 40.3 Å². The second-order valence-electron chi connectivity index (χ2n) is 6.33. The molecule has 0 aromatic carbocycles. The molecule has 0 aromatic heterocycles. The molecule has 1 saturated heterocycles. The lowest BCUT2D eigenvalue weighted by Crippen LogP contribution is -2.42. The topological polar surface area (TPSA) is 60.7 Å². The van der Waals surface area contributed by atoms with Gasteiger partial charge in [-0.15, -0.1) is 11.6 Å². The normalized spacial score (nSPS) is 31.3. The molecule has 2 aliphatic rings. The number of sulfonamides is 1. The fraction of sp³-hybridized carbons (Fsp3) is 0.867. The van der Waals surface area contributed by atoms with Crippen molar-refractivity contribution < 1.29 is 13.2 Å². The highest BCUT2D eigenvalue weighted by Crippen LogP contribution is 2.24. The highest BCUT2D eigenvalue weighted by molar-refractivity contribution is 7.89. The average Bonchev–Trinajstić information content (AvgIpc) is 2.68. The summed E-state index contributed by atoms with van der Waals surface area (Å²) < 4.78 is 28.2. The maximum Gasteiger partial charge on any atom is 0.276 e. The maximum absolute atomic E-state index is 12.9. The number of hydrogen-bond acceptors (Lipinski definition) is 4. The molecule has 1 aliphatic carbocycles. The molecule has 0 aromatic rings. The number of halogens is 1. The molecule has 6 nitrogen and oxygen atoms in total. The fourth-order valence-corrected chi connectivity index (χ4v) is 5.25. The van der Waals surface area contributed by atoms with Crippen LogP contribution in [0.15, 0.2) is 0 Å². The smallest absolute Gasteiger partial charge is 0.276 e. The lowest BCUT2D eigenvalue weighted by Gasteiger charge is -2.26. The molecule has 0 bridgehead atoms. The molecular weight excluding hydrogens is 338 g/mol. The molecule has 0 amide bonds. The van der Waals surface area contributed by atoms with Gasteiger partial charge in [-0.1, -0.05) is 5.92 Å². The van der Waals surface area contributed by atoms with Gasteiger partial charge in [0, 0.05) is 35.7 Å². The van der Waals surface area contributed by atoms with Crippen LogP contribution in [0.1, 0.15) is 25.7 Å². The van der Waals surface area contributed by atoms with Gasteiger partial charge in [0.05, 0.1) is 5.25 Å². The van der Waals surface area contributed by atoms with Crippen LogP contribution in [0.4, 0.5) is 0 Å². The second-order valence-corrected chi connectivity index (χ2v) is 9.11. The van der Waals surface area contributed by atoms with E-state index in [-0.39, 0.29) is 6.42 Å². The van der Waals surface area contributed by atoms with Crippen molar-refractivity contribution >= 4 is 21.6 Å². The second kappa shape index (κ2) is 7.93. The molecule has 3 unspecified atom stereocenters.